The summed E-state index contributed by atoms with van der Waals surface area (Å²) in [6.07, 6.45) is 5.37. The first-order chi connectivity index (χ1) is 13.3. The number of hydrogen-bond acceptors (Lipinski definition) is 7. The van der Waals surface area contributed by atoms with Gasteiger partial charge in [-0.3, -0.25) is 0 Å². The minimum atomic E-state index is 0.747. The minimum absolute atomic E-state index is 0.747. The topological polar surface area (TPSA) is 70.1 Å². The molecule has 1 saturated heterocycles. The molecular weight excluding hydrogens is 338 g/mol. The largest absolute Gasteiger partial charge is 0.366 e. The van der Waals surface area contributed by atoms with Gasteiger partial charge in [0.25, 0.3) is 0 Å². The van der Waals surface area contributed by atoms with Crippen LogP contribution in [0.4, 0.5) is 17.7 Å². The van der Waals surface area contributed by atoms with Gasteiger partial charge in [-0.25, -0.2) is 15.0 Å². The second kappa shape index (κ2) is 7.99. The standard InChI is InChI=1S/C20H23N7/c1-16-4-2-5-17(14-16)15-24-18-6-9-23-20(25-18)27-12-10-26(11-13-27)19-21-7-3-8-22-19/h2-9,14H,10-13,15H2,1H3,(H,23,24,25). The first-order valence-corrected chi connectivity index (χ1v) is 9.17. The fourth-order valence-corrected chi connectivity index (χ4v) is 3.17. The van der Waals surface area contributed by atoms with E-state index in [2.05, 4.69) is 66.2 Å². The molecule has 7 nitrogen and oxygen atoms in total. The molecule has 1 aliphatic rings. The van der Waals surface area contributed by atoms with Crippen LogP contribution in [0.3, 0.4) is 0 Å². The Balaban J connectivity index is 1.37. The van der Waals surface area contributed by atoms with Gasteiger partial charge in [0.1, 0.15) is 5.82 Å². The van der Waals surface area contributed by atoms with Gasteiger partial charge >= 0.3 is 0 Å². The van der Waals surface area contributed by atoms with Crippen molar-refractivity contribution in [2.24, 2.45) is 0 Å². The van der Waals surface area contributed by atoms with Crippen LogP contribution in [0.15, 0.2) is 55.0 Å². The summed E-state index contributed by atoms with van der Waals surface area (Å²) in [4.78, 5) is 22.2. The van der Waals surface area contributed by atoms with Gasteiger partial charge in [-0.1, -0.05) is 29.8 Å². The molecule has 0 amide bonds. The van der Waals surface area contributed by atoms with Crippen molar-refractivity contribution >= 4 is 17.7 Å². The van der Waals surface area contributed by atoms with Crippen LogP contribution in [-0.2, 0) is 6.54 Å². The van der Waals surface area contributed by atoms with Crippen LogP contribution in [0.2, 0.25) is 0 Å². The molecule has 27 heavy (non-hydrogen) atoms. The lowest BCUT2D eigenvalue weighted by Gasteiger charge is -2.34. The first-order valence-electron chi connectivity index (χ1n) is 9.17. The van der Waals surface area contributed by atoms with Crippen molar-refractivity contribution in [1.29, 1.82) is 0 Å². The molecule has 0 atom stereocenters. The Bertz CT molecular complexity index is 876. The van der Waals surface area contributed by atoms with Crippen molar-refractivity contribution in [2.75, 3.05) is 41.3 Å². The highest BCUT2D eigenvalue weighted by Gasteiger charge is 2.20. The normalized spacial score (nSPS) is 14.3. The van der Waals surface area contributed by atoms with Gasteiger partial charge in [0, 0.05) is 51.3 Å². The molecule has 2 aromatic heterocycles. The van der Waals surface area contributed by atoms with Gasteiger partial charge < -0.3 is 15.1 Å². The summed E-state index contributed by atoms with van der Waals surface area (Å²) in [5.41, 5.74) is 2.50. The maximum absolute atomic E-state index is 4.69. The molecule has 3 heterocycles. The van der Waals surface area contributed by atoms with Gasteiger partial charge in [-0.15, -0.1) is 0 Å². The van der Waals surface area contributed by atoms with E-state index in [1.165, 1.54) is 11.1 Å². The van der Waals surface area contributed by atoms with E-state index in [9.17, 15) is 0 Å². The molecule has 0 aliphatic carbocycles. The molecule has 138 valence electrons. The molecule has 0 spiro atoms. The van der Waals surface area contributed by atoms with Crippen molar-refractivity contribution < 1.29 is 0 Å². The maximum atomic E-state index is 4.69. The molecule has 1 aliphatic heterocycles. The highest BCUT2D eigenvalue weighted by atomic mass is 15.4. The third kappa shape index (κ3) is 4.31. The number of nitrogens with zero attached hydrogens (tertiary/aromatic N) is 6. The molecule has 4 rings (SSSR count). The average Bonchev–Trinajstić information content (AvgIpc) is 2.73. The zero-order valence-corrected chi connectivity index (χ0v) is 15.4. The zero-order valence-electron chi connectivity index (χ0n) is 15.4. The van der Waals surface area contributed by atoms with E-state index in [1.807, 2.05) is 18.3 Å². The second-order valence-electron chi connectivity index (χ2n) is 6.61. The number of benzene rings is 1. The number of hydrogen-bond donors (Lipinski definition) is 1. The lowest BCUT2D eigenvalue weighted by atomic mass is 10.1. The average molecular weight is 361 g/mol. The number of nitrogens with one attached hydrogen (secondary N) is 1. The van der Waals surface area contributed by atoms with E-state index in [0.29, 0.717) is 0 Å². The second-order valence-corrected chi connectivity index (χ2v) is 6.61. The fourth-order valence-electron chi connectivity index (χ4n) is 3.17. The zero-order chi connectivity index (χ0) is 18.5. The molecule has 1 fully saturated rings. The van der Waals surface area contributed by atoms with Crippen LogP contribution in [0, 0.1) is 6.92 Å². The van der Waals surface area contributed by atoms with Crippen molar-refractivity contribution in [1.82, 2.24) is 19.9 Å². The Morgan fingerprint density at radius 3 is 2.30 bits per heavy atom. The van der Waals surface area contributed by atoms with E-state index in [4.69, 9.17) is 0 Å². The Labute approximate surface area is 159 Å². The third-order valence-electron chi connectivity index (χ3n) is 4.60. The van der Waals surface area contributed by atoms with Crippen molar-refractivity contribution in [3.63, 3.8) is 0 Å². The van der Waals surface area contributed by atoms with Crippen LogP contribution in [0.5, 0.6) is 0 Å². The maximum Gasteiger partial charge on any atom is 0.227 e. The fraction of sp³-hybridized carbons (Fsp3) is 0.300. The highest BCUT2D eigenvalue weighted by Crippen LogP contribution is 2.16. The Hall–Kier alpha value is -3.22. The quantitative estimate of drug-likeness (QED) is 0.749. The van der Waals surface area contributed by atoms with Gasteiger partial charge in [0.15, 0.2) is 0 Å². The Morgan fingerprint density at radius 1 is 0.852 bits per heavy atom. The van der Waals surface area contributed by atoms with E-state index >= 15 is 0 Å². The Kier molecular flexibility index (Phi) is 5.09. The predicted molar refractivity (Wildman–Crippen MR) is 107 cm³/mol. The predicted octanol–water partition coefficient (Wildman–Crippen LogP) is 2.51. The molecule has 0 radical (unpaired) electrons. The van der Waals surface area contributed by atoms with Gasteiger partial charge in [-0.05, 0) is 24.6 Å². The summed E-state index contributed by atoms with van der Waals surface area (Å²) in [7, 11) is 0. The first kappa shape index (κ1) is 17.2. The van der Waals surface area contributed by atoms with Crippen LogP contribution in [0.25, 0.3) is 0 Å². The van der Waals surface area contributed by atoms with Crippen LogP contribution < -0.4 is 15.1 Å². The third-order valence-corrected chi connectivity index (χ3v) is 4.60. The smallest absolute Gasteiger partial charge is 0.227 e. The summed E-state index contributed by atoms with van der Waals surface area (Å²) in [5.74, 6) is 2.39. The summed E-state index contributed by atoms with van der Waals surface area (Å²) in [5, 5.41) is 3.39. The van der Waals surface area contributed by atoms with E-state index in [0.717, 1.165) is 50.4 Å². The minimum Gasteiger partial charge on any atom is -0.366 e. The molecule has 0 unspecified atom stereocenters. The van der Waals surface area contributed by atoms with Crippen molar-refractivity contribution in [3.05, 3.63) is 66.1 Å². The number of aryl methyl sites for hydroxylation is 1. The molecular formula is C20H23N7. The lowest BCUT2D eigenvalue weighted by Crippen LogP contribution is -2.47. The van der Waals surface area contributed by atoms with Crippen LogP contribution in [0.1, 0.15) is 11.1 Å². The van der Waals surface area contributed by atoms with Gasteiger partial charge in [0.05, 0.1) is 0 Å². The summed E-state index contributed by atoms with van der Waals surface area (Å²) in [6.45, 7) is 6.26. The summed E-state index contributed by atoms with van der Waals surface area (Å²) >= 11 is 0. The Morgan fingerprint density at radius 2 is 1.56 bits per heavy atom. The number of rotatable bonds is 5. The lowest BCUT2D eigenvalue weighted by molar-refractivity contribution is 0.628. The highest BCUT2D eigenvalue weighted by molar-refractivity contribution is 5.44. The van der Waals surface area contributed by atoms with Gasteiger partial charge in [0.2, 0.25) is 11.9 Å². The van der Waals surface area contributed by atoms with Crippen LogP contribution >= 0.6 is 0 Å². The molecule has 1 N–H and O–H groups in total. The van der Waals surface area contributed by atoms with Gasteiger partial charge in [-0.2, -0.15) is 4.98 Å². The number of anilines is 3. The summed E-state index contributed by atoms with van der Waals surface area (Å²) in [6, 6.07) is 12.2. The van der Waals surface area contributed by atoms with Crippen LogP contribution in [-0.4, -0.2) is 46.1 Å². The van der Waals surface area contributed by atoms with E-state index < -0.39 is 0 Å². The van der Waals surface area contributed by atoms with Crippen molar-refractivity contribution in [3.8, 4) is 0 Å². The number of aromatic nitrogens is 4. The molecule has 3 aromatic rings. The molecule has 0 bridgehead atoms. The molecule has 7 heteroatoms. The summed E-state index contributed by atoms with van der Waals surface area (Å²) < 4.78 is 0. The molecule has 1 aromatic carbocycles. The monoisotopic (exact) mass is 361 g/mol. The SMILES string of the molecule is Cc1cccc(CNc2ccnc(N3CCN(c4ncccn4)CC3)n2)c1. The number of piperazine rings is 1. The van der Waals surface area contributed by atoms with E-state index in [-0.39, 0.29) is 0 Å². The van der Waals surface area contributed by atoms with Crippen molar-refractivity contribution in [2.45, 2.75) is 13.5 Å². The molecule has 0 saturated carbocycles. The van der Waals surface area contributed by atoms with E-state index in [1.54, 1.807) is 12.4 Å².